The van der Waals surface area contributed by atoms with Crippen molar-refractivity contribution >= 4 is 35.8 Å². The van der Waals surface area contributed by atoms with Crippen LogP contribution in [-0.2, 0) is 13.1 Å². The van der Waals surface area contributed by atoms with E-state index < -0.39 is 0 Å². The van der Waals surface area contributed by atoms with E-state index in [9.17, 15) is 9.18 Å². The topological polar surface area (TPSA) is 56.7 Å². The highest BCUT2D eigenvalue weighted by Crippen LogP contribution is 2.08. The van der Waals surface area contributed by atoms with Crippen LogP contribution in [0.1, 0.15) is 34.8 Å². The average Bonchev–Trinajstić information content (AvgIpc) is 2.68. The summed E-state index contributed by atoms with van der Waals surface area (Å²) in [6.07, 6.45) is 0.906. The summed E-state index contributed by atoms with van der Waals surface area (Å²) in [6, 6.07) is 14.0. The fraction of sp³-hybridized carbons (Fsp3) is 0.333. The number of nitrogens with one attached hydrogen (secondary N) is 2. The Labute approximate surface area is 183 Å². The number of carbonyl (C=O) groups is 1. The molecule has 2 aromatic rings. The number of guanidine groups is 1. The summed E-state index contributed by atoms with van der Waals surface area (Å²) in [5, 5.41) is 6.18. The second kappa shape index (κ2) is 12.3. The van der Waals surface area contributed by atoms with Crippen LogP contribution in [0, 0.1) is 5.82 Å². The Morgan fingerprint density at radius 2 is 1.82 bits per heavy atom. The minimum atomic E-state index is -0.244. The highest BCUT2D eigenvalue weighted by atomic mass is 127. The van der Waals surface area contributed by atoms with E-state index in [1.165, 1.54) is 12.1 Å². The fourth-order valence-corrected chi connectivity index (χ4v) is 2.67. The standard InChI is InChI=1S/C21H27FN4O.HI/c1-4-12-24-20(27)18-7-5-6-17(13-18)14-25-21(23-2)26(3)15-16-8-10-19(22)11-9-16;/h5-11,13H,4,12,14-15H2,1-3H3,(H,23,25)(H,24,27);1H. The molecule has 1 amide bonds. The lowest BCUT2D eigenvalue weighted by Gasteiger charge is -2.22. The van der Waals surface area contributed by atoms with E-state index in [2.05, 4.69) is 15.6 Å². The van der Waals surface area contributed by atoms with Gasteiger partial charge in [0, 0.05) is 39.3 Å². The SMILES string of the molecule is CCCNC(=O)c1cccc(CNC(=NC)N(C)Cc2ccc(F)cc2)c1.I. The molecule has 0 aliphatic rings. The molecule has 2 aromatic carbocycles. The van der Waals surface area contributed by atoms with E-state index in [1.54, 1.807) is 19.2 Å². The van der Waals surface area contributed by atoms with Crippen LogP contribution in [0.4, 0.5) is 4.39 Å². The summed E-state index contributed by atoms with van der Waals surface area (Å²) in [4.78, 5) is 18.4. The van der Waals surface area contributed by atoms with Crippen molar-refractivity contribution in [3.63, 3.8) is 0 Å². The average molecular weight is 498 g/mol. The van der Waals surface area contributed by atoms with Gasteiger partial charge >= 0.3 is 0 Å². The molecule has 2 N–H and O–H groups in total. The number of halogens is 2. The van der Waals surface area contributed by atoms with Crippen molar-refractivity contribution in [1.82, 2.24) is 15.5 Å². The quantitative estimate of drug-likeness (QED) is 0.347. The number of benzene rings is 2. The summed E-state index contributed by atoms with van der Waals surface area (Å²) < 4.78 is 13.0. The van der Waals surface area contributed by atoms with Crippen molar-refractivity contribution in [2.24, 2.45) is 4.99 Å². The lowest BCUT2D eigenvalue weighted by molar-refractivity contribution is 0.0953. The van der Waals surface area contributed by atoms with E-state index in [1.807, 2.05) is 43.1 Å². The van der Waals surface area contributed by atoms with Crippen molar-refractivity contribution < 1.29 is 9.18 Å². The van der Waals surface area contributed by atoms with Gasteiger partial charge < -0.3 is 15.5 Å². The maximum atomic E-state index is 13.0. The Balaban J connectivity index is 0.00000392. The third-order valence-electron chi connectivity index (χ3n) is 4.08. The number of rotatable bonds is 7. The number of carbonyl (C=O) groups excluding carboxylic acids is 1. The number of amides is 1. The smallest absolute Gasteiger partial charge is 0.251 e. The molecular weight excluding hydrogens is 470 g/mol. The summed E-state index contributed by atoms with van der Waals surface area (Å²) in [6.45, 7) is 3.85. The molecule has 0 aromatic heterocycles. The van der Waals surface area contributed by atoms with Crippen LogP contribution in [0.15, 0.2) is 53.5 Å². The molecule has 0 saturated heterocycles. The molecule has 0 heterocycles. The molecule has 0 fully saturated rings. The monoisotopic (exact) mass is 498 g/mol. The van der Waals surface area contributed by atoms with E-state index >= 15 is 0 Å². The molecule has 0 atom stereocenters. The van der Waals surface area contributed by atoms with Gasteiger partial charge in [-0.2, -0.15) is 0 Å². The predicted molar refractivity (Wildman–Crippen MR) is 123 cm³/mol. The van der Waals surface area contributed by atoms with Crippen molar-refractivity contribution in [3.05, 3.63) is 71.0 Å². The van der Waals surface area contributed by atoms with Gasteiger partial charge in [-0.15, -0.1) is 24.0 Å². The van der Waals surface area contributed by atoms with Crippen LogP contribution < -0.4 is 10.6 Å². The second-order valence-electron chi connectivity index (χ2n) is 6.34. The highest BCUT2D eigenvalue weighted by Gasteiger charge is 2.09. The van der Waals surface area contributed by atoms with Gasteiger partial charge in [0.25, 0.3) is 5.91 Å². The summed E-state index contributed by atoms with van der Waals surface area (Å²) in [7, 11) is 3.64. The fourth-order valence-electron chi connectivity index (χ4n) is 2.67. The molecule has 28 heavy (non-hydrogen) atoms. The summed E-state index contributed by atoms with van der Waals surface area (Å²) in [5.74, 6) is 0.420. The molecular formula is C21H28FIN4O. The molecule has 0 spiro atoms. The van der Waals surface area contributed by atoms with Crippen molar-refractivity contribution in [3.8, 4) is 0 Å². The lowest BCUT2D eigenvalue weighted by Crippen LogP contribution is -2.38. The first-order chi connectivity index (χ1) is 13.0. The number of hydrogen-bond acceptors (Lipinski definition) is 2. The Hall–Kier alpha value is -2.16. The molecule has 7 heteroatoms. The molecule has 0 saturated carbocycles. The Morgan fingerprint density at radius 3 is 2.46 bits per heavy atom. The Bertz CT molecular complexity index is 780. The highest BCUT2D eigenvalue weighted by molar-refractivity contribution is 14.0. The van der Waals surface area contributed by atoms with Crippen LogP contribution in [-0.4, -0.2) is 37.4 Å². The molecule has 152 valence electrons. The number of nitrogens with zero attached hydrogens (tertiary/aromatic N) is 2. The van der Waals surface area contributed by atoms with Crippen molar-refractivity contribution in [2.45, 2.75) is 26.4 Å². The largest absolute Gasteiger partial charge is 0.352 e. The van der Waals surface area contributed by atoms with Crippen LogP contribution in [0.3, 0.4) is 0 Å². The maximum Gasteiger partial charge on any atom is 0.251 e. The first-order valence-corrected chi connectivity index (χ1v) is 9.07. The zero-order chi connectivity index (χ0) is 19.6. The van der Waals surface area contributed by atoms with Gasteiger partial charge in [0.1, 0.15) is 5.82 Å². The summed E-state index contributed by atoms with van der Waals surface area (Å²) >= 11 is 0. The zero-order valence-corrected chi connectivity index (χ0v) is 18.9. The third-order valence-corrected chi connectivity index (χ3v) is 4.08. The number of aliphatic imine (C=N–C) groups is 1. The van der Waals surface area contributed by atoms with Crippen LogP contribution in [0.5, 0.6) is 0 Å². The Morgan fingerprint density at radius 1 is 1.11 bits per heavy atom. The molecule has 0 unspecified atom stereocenters. The van der Waals surface area contributed by atoms with Gasteiger partial charge in [-0.05, 0) is 41.8 Å². The van der Waals surface area contributed by atoms with E-state index in [4.69, 9.17) is 0 Å². The zero-order valence-electron chi connectivity index (χ0n) is 16.5. The third kappa shape index (κ3) is 7.46. The van der Waals surface area contributed by atoms with Gasteiger partial charge in [0.05, 0.1) is 0 Å². The lowest BCUT2D eigenvalue weighted by atomic mass is 10.1. The summed E-state index contributed by atoms with van der Waals surface area (Å²) in [5.41, 5.74) is 2.64. The first kappa shape index (κ1) is 23.9. The molecule has 2 rings (SSSR count). The van der Waals surface area contributed by atoms with Gasteiger partial charge in [0.15, 0.2) is 5.96 Å². The van der Waals surface area contributed by atoms with Gasteiger partial charge in [0.2, 0.25) is 0 Å². The van der Waals surface area contributed by atoms with Crippen molar-refractivity contribution in [2.75, 3.05) is 20.6 Å². The molecule has 0 aliphatic carbocycles. The van der Waals surface area contributed by atoms with E-state index in [0.29, 0.717) is 25.2 Å². The first-order valence-electron chi connectivity index (χ1n) is 9.07. The molecule has 5 nitrogen and oxygen atoms in total. The van der Waals surface area contributed by atoms with Crippen LogP contribution >= 0.6 is 24.0 Å². The molecule has 0 bridgehead atoms. The minimum absolute atomic E-state index is 0. The second-order valence-corrected chi connectivity index (χ2v) is 6.34. The van der Waals surface area contributed by atoms with Crippen molar-refractivity contribution in [1.29, 1.82) is 0 Å². The Kier molecular flexibility index (Phi) is 10.5. The van der Waals surface area contributed by atoms with E-state index in [-0.39, 0.29) is 35.7 Å². The molecule has 0 radical (unpaired) electrons. The van der Waals surface area contributed by atoms with Crippen LogP contribution in [0.2, 0.25) is 0 Å². The van der Waals surface area contributed by atoms with Gasteiger partial charge in [-0.25, -0.2) is 4.39 Å². The normalized spacial score (nSPS) is 10.8. The maximum absolute atomic E-state index is 13.0. The van der Waals surface area contributed by atoms with Crippen LogP contribution in [0.25, 0.3) is 0 Å². The number of hydrogen-bond donors (Lipinski definition) is 2. The van der Waals surface area contributed by atoms with E-state index in [0.717, 1.165) is 23.5 Å². The van der Waals surface area contributed by atoms with Gasteiger partial charge in [-0.3, -0.25) is 9.79 Å². The predicted octanol–water partition coefficient (Wildman–Crippen LogP) is 3.79. The minimum Gasteiger partial charge on any atom is -0.352 e. The van der Waals surface area contributed by atoms with Gasteiger partial charge in [-0.1, -0.05) is 31.2 Å². The molecule has 0 aliphatic heterocycles.